The Morgan fingerprint density at radius 1 is 1.33 bits per heavy atom. The van der Waals surface area contributed by atoms with Crippen LogP contribution in [0.4, 0.5) is 10.6 Å². The number of fused-ring (bicyclic) bond motifs is 1. The van der Waals surface area contributed by atoms with Gasteiger partial charge in [-0.2, -0.15) is 0 Å². The molecule has 2 amide bonds. The van der Waals surface area contributed by atoms with Crippen LogP contribution in [0.15, 0.2) is 18.5 Å². The van der Waals surface area contributed by atoms with Crippen molar-refractivity contribution < 1.29 is 14.3 Å². The molecule has 9 heteroatoms. The number of hydrogen-bond acceptors (Lipinski definition) is 6. The van der Waals surface area contributed by atoms with Crippen LogP contribution in [0.1, 0.15) is 19.4 Å². The van der Waals surface area contributed by atoms with Gasteiger partial charge in [0.05, 0.1) is 12.8 Å². The Balaban J connectivity index is 1.67. The first-order valence-corrected chi connectivity index (χ1v) is 8.92. The van der Waals surface area contributed by atoms with Gasteiger partial charge in [-0.05, 0) is 12.0 Å². The Morgan fingerprint density at radius 2 is 2.07 bits per heavy atom. The lowest BCUT2D eigenvalue weighted by Gasteiger charge is -2.34. The first kappa shape index (κ1) is 18.7. The standard InChI is InChI=1S/C18H24N6O3/c1-12(2)11-27-18(26)24-7-5-23(6-8-24)15-10-21-17-16(22-15)13(9-20-17)3-4-14(19)25/h3-4,9-10,12H,5-8,11H2,1-2H3,(H2,19,25)(H,20,21)/b4-3+. The van der Waals surface area contributed by atoms with Gasteiger partial charge in [-0.15, -0.1) is 0 Å². The molecule has 9 nitrogen and oxygen atoms in total. The molecule has 27 heavy (non-hydrogen) atoms. The van der Waals surface area contributed by atoms with E-state index in [0.717, 1.165) is 11.4 Å². The van der Waals surface area contributed by atoms with Crippen LogP contribution < -0.4 is 10.6 Å². The summed E-state index contributed by atoms with van der Waals surface area (Å²) < 4.78 is 5.28. The van der Waals surface area contributed by atoms with Gasteiger partial charge in [0, 0.05) is 44.0 Å². The molecule has 0 radical (unpaired) electrons. The number of rotatable bonds is 5. The van der Waals surface area contributed by atoms with E-state index >= 15 is 0 Å². The molecule has 0 aliphatic carbocycles. The van der Waals surface area contributed by atoms with Crippen LogP contribution in [0.2, 0.25) is 0 Å². The maximum Gasteiger partial charge on any atom is 0.409 e. The van der Waals surface area contributed by atoms with E-state index in [9.17, 15) is 9.59 Å². The highest BCUT2D eigenvalue weighted by molar-refractivity contribution is 5.93. The molecule has 1 fully saturated rings. The molecule has 144 valence electrons. The van der Waals surface area contributed by atoms with Crippen molar-refractivity contribution in [3.63, 3.8) is 0 Å². The summed E-state index contributed by atoms with van der Waals surface area (Å²) in [6.45, 7) is 6.87. The fraction of sp³-hybridized carbons (Fsp3) is 0.444. The number of aromatic amines is 1. The number of piperazine rings is 1. The fourth-order valence-corrected chi connectivity index (χ4v) is 2.80. The van der Waals surface area contributed by atoms with E-state index in [1.165, 1.54) is 6.08 Å². The van der Waals surface area contributed by atoms with Gasteiger partial charge in [-0.25, -0.2) is 14.8 Å². The molecule has 0 aromatic carbocycles. The molecule has 0 unspecified atom stereocenters. The van der Waals surface area contributed by atoms with Gasteiger partial charge in [0.15, 0.2) is 5.65 Å². The molecule has 0 atom stereocenters. The van der Waals surface area contributed by atoms with E-state index in [1.807, 2.05) is 13.8 Å². The first-order valence-electron chi connectivity index (χ1n) is 8.92. The van der Waals surface area contributed by atoms with Crippen molar-refractivity contribution in [3.8, 4) is 0 Å². The average Bonchev–Trinajstić information content (AvgIpc) is 3.06. The normalized spacial score (nSPS) is 15.1. The lowest BCUT2D eigenvalue weighted by atomic mass is 10.2. The molecule has 0 bridgehead atoms. The maximum atomic E-state index is 12.1. The Hall–Kier alpha value is -3.10. The van der Waals surface area contributed by atoms with Crippen LogP contribution in [-0.4, -0.2) is 64.6 Å². The second kappa shape index (κ2) is 8.07. The van der Waals surface area contributed by atoms with E-state index < -0.39 is 5.91 Å². The molecule has 0 spiro atoms. The second-order valence-electron chi connectivity index (χ2n) is 6.85. The number of primary amides is 1. The number of carbonyl (C=O) groups is 2. The number of ether oxygens (including phenoxy) is 1. The Labute approximate surface area is 157 Å². The first-order chi connectivity index (χ1) is 12.9. The van der Waals surface area contributed by atoms with E-state index in [0.29, 0.717) is 49.9 Å². The summed E-state index contributed by atoms with van der Waals surface area (Å²) in [7, 11) is 0. The second-order valence-corrected chi connectivity index (χ2v) is 6.85. The zero-order valence-corrected chi connectivity index (χ0v) is 15.5. The van der Waals surface area contributed by atoms with E-state index in [1.54, 1.807) is 23.4 Å². The minimum atomic E-state index is -0.520. The predicted octanol–water partition coefficient (Wildman–Crippen LogP) is 1.37. The number of hydrogen-bond donors (Lipinski definition) is 2. The third-order valence-corrected chi connectivity index (χ3v) is 4.23. The van der Waals surface area contributed by atoms with Crippen LogP contribution in [-0.2, 0) is 9.53 Å². The summed E-state index contributed by atoms with van der Waals surface area (Å²) in [6, 6.07) is 0. The summed E-state index contributed by atoms with van der Waals surface area (Å²) >= 11 is 0. The highest BCUT2D eigenvalue weighted by atomic mass is 16.6. The Bertz CT molecular complexity index is 852. The molecule has 1 saturated heterocycles. The zero-order chi connectivity index (χ0) is 19.4. The predicted molar refractivity (Wildman–Crippen MR) is 102 cm³/mol. The fourth-order valence-electron chi connectivity index (χ4n) is 2.80. The molecule has 3 rings (SSSR count). The number of nitrogens with zero attached hydrogens (tertiary/aromatic N) is 4. The number of anilines is 1. The van der Waals surface area contributed by atoms with Crippen molar-refractivity contribution in [1.82, 2.24) is 19.9 Å². The maximum absolute atomic E-state index is 12.1. The van der Waals surface area contributed by atoms with Gasteiger partial charge in [0.1, 0.15) is 11.3 Å². The van der Waals surface area contributed by atoms with Crippen LogP contribution in [0, 0.1) is 5.92 Å². The average molecular weight is 372 g/mol. The van der Waals surface area contributed by atoms with E-state index in [2.05, 4.69) is 19.9 Å². The number of H-pyrrole nitrogens is 1. The quantitative estimate of drug-likeness (QED) is 0.766. The summed E-state index contributed by atoms with van der Waals surface area (Å²) in [5, 5.41) is 0. The SMILES string of the molecule is CC(C)COC(=O)N1CCN(c2cnc3[nH]cc(/C=C/C(N)=O)c3n2)CC1. The van der Waals surface area contributed by atoms with Gasteiger partial charge in [0.2, 0.25) is 5.91 Å². The minimum absolute atomic E-state index is 0.269. The highest BCUT2D eigenvalue weighted by Gasteiger charge is 2.23. The molecule has 3 heterocycles. The third-order valence-electron chi connectivity index (χ3n) is 4.23. The number of aromatic nitrogens is 3. The van der Waals surface area contributed by atoms with Crippen molar-refractivity contribution >= 4 is 35.1 Å². The van der Waals surface area contributed by atoms with Crippen molar-refractivity contribution in [3.05, 3.63) is 24.0 Å². The van der Waals surface area contributed by atoms with Gasteiger partial charge in [-0.3, -0.25) is 4.79 Å². The molecule has 0 saturated carbocycles. The van der Waals surface area contributed by atoms with Gasteiger partial charge < -0.3 is 25.3 Å². The Morgan fingerprint density at radius 3 is 2.74 bits per heavy atom. The summed E-state index contributed by atoms with van der Waals surface area (Å²) in [6.07, 6.45) is 6.07. The van der Waals surface area contributed by atoms with Crippen molar-refractivity contribution in [2.24, 2.45) is 11.7 Å². The van der Waals surface area contributed by atoms with Crippen molar-refractivity contribution in [2.45, 2.75) is 13.8 Å². The smallest absolute Gasteiger partial charge is 0.409 e. The lowest BCUT2D eigenvalue weighted by molar-refractivity contribution is -0.113. The van der Waals surface area contributed by atoms with Crippen LogP contribution >= 0.6 is 0 Å². The summed E-state index contributed by atoms with van der Waals surface area (Å²) in [5.74, 6) is 0.524. The molecular weight excluding hydrogens is 348 g/mol. The van der Waals surface area contributed by atoms with Gasteiger partial charge >= 0.3 is 6.09 Å². The van der Waals surface area contributed by atoms with Crippen LogP contribution in [0.25, 0.3) is 17.2 Å². The minimum Gasteiger partial charge on any atom is -0.449 e. The van der Waals surface area contributed by atoms with Crippen molar-refractivity contribution in [2.75, 3.05) is 37.7 Å². The molecule has 3 N–H and O–H groups in total. The third kappa shape index (κ3) is 4.55. The van der Waals surface area contributed by atoms with E-state index in [4.69, 9.17) is 10.5 Å². The van der Waals surface area contributed by atoms with Crippen LogP contribution in [0.3, 0.4) is 0 Å². The Kier molecular flexibility index (Phi) is 5.58. The number of nitrogens with one attached hydrogen (secondary N) is 1. The topological polar surface area (TPSA) is 117 Å². The molecule has 2 aromatic heterocycles. The monoisotopic (exact) mass is 372 g/mol. The van der Waals surface area contributed by atoms with Gasteiger partial charge in [0.25, 0.3) is 0 Å². The summed E-state index contributed by atoms with van der Waals surface area (Å²) in [4.78, 5) is 38.9. The molecule has 2 aromatic rings. The lowest BCUT2D eigenvalue weighted by Crippen LogP contribution is -2.49. The number of carbonyl (C=O) groups excluding carboxylic acids is 2. The summed E-state index contributed by atoms with van der Waals surface area (Å²) in [5.41, 5.74) is 7.21. The zero-order valence-electron chi connectivity index (χ0n) is 15.5. The van der Waals surface area contributed by atoms with E-state index in [-0.39, 0.29) is 6.09 Å². The van der Waals surface area contributed by atoms with Crippen LogP contribution in [0.5, 0.6) is 0 Å². The largest absolute Gasteiger partial charge is 0.449 e. The number of amides is 2. The van der Waals surface area contributed by atoms with Crippen molar-refractivity contribution in [1.29, 1.82) is 0 Å². The van der Waals surface area contributed by atoms with Gasteiger partial charge in [-0.1, -0.05) is 13.8 Å². The number of nitrogens with two attached hydrogens (primary N) is 1. The highest BCUT2D eigenvalue weighted by Crippen LogP contribution is 2.20. The molecule has 1 aliphatic heterocycles. The molecular formula is C18H24N6O3. The molecule has 1 aliphatic rings.